The molecule has 0 aromatic heterocycles. The fourth-order valence-corrected chi connectivity index (χ4v) is 1.54. The van der Waals surface area contributed by atoms with E-state index in [0.29, 0.717) is 52.9 Å². The Morgan fingerprint density at radius 2 is 0.889 bits per heavy atom. The first-order valence-corrected chi connectivity index (χ1v) is 6.39. The van der Waals surface area contributed by atoms with E-state index in [2.05, 4.69) is 0 Å². The van der Waals surface area contributed by atoms with E-state index >= 15 is 0 Å². The molecule has 1 fully saturated rings. The lowest BCUT2D eigenvalue weighted by Gasteiger charge is -2.18. The normalized spacial score (nSPS) is 29.7. The summed E-state index contributed by atoms with van der Waals surface area (Å²) in [5.41, 5.74) is 0. The van der Waals surface area contributed by atoms with Crippen molar-refractivity contribution in [2.45, 2.75) is 0 Å². The summed E-state index contributed by atoms with van der Waals surface area (Å²) >= 11 is 0. The van der Waals surface area contributed by atoms with Crippen molar-refractivity contribution in [3.8, 4) is 0 Å². The molecule has 2 N–H and O–H groups in total. The van der Waals surface area contributed by atoms with Crippen LogP contribution in [0, 0.1) is 11.8 Å². The molecule has 0 atom stereocenters. The number of aliphatic hydroxyl groups is 2. The molecule has 1 aliphatic rings. The van der Waals surface area contributed by atoms with Crippen molar-refractivity contribution >= 4 is 0 Å². The monoisotopic (exact) mass is 264 g/mol. The molecule has 1 rings (SSSR count). The van der Waals surface area contributed by atoms with E-state index in [9.17, 15) is 0 Å². The van der Waals surface area contributed by atoms with Crippen molar-refractivity contribution in [3.05, 3.63) is 0 Å². The Kier molecular flexibility index (Phi) is 9.37. The van der Waals surface area contributed by atoms with Gasteiger partial charge >= 0.3 is 0 Å². The third kappa shape index (κ3) is 7.25. The zero-order valence-corrected chi connectivity index (χ0v) is 10.8. The fourth-order valence-electron chi connectivity index (χ4n) is 1.54. The molecule has 0 aromatic carbocycles. The van der Waals surface area contributed by atoms with Crippen molar-refractivity contribution < 1.29 is 29.2 Å². The average Bonchev–Trinajstić information content (AvgIpc) is 2.41. The van der Waals surface area contributed by atoms with E-state index < -0.39 is 0 Å². The van der Waals surface area contributed by atoms with Gasteiger partial charge in [-0.2, -0.15) is 0 Å². The third-order valence-electron chi connectivity index (χ3n) is 2.67. The van der Waals surface area contributed by atoms with Crippen LogP contribution in [0.2, 0.25) is 0 Å². The topological polar surface area (TPSA) is 77.4 Å². The Labute approximate surface area is 108 Å². The average molecular weight is 264 g/mol. The molecular formula is C12H24O6. The molecule has 108 valence electrons. The summed E-state index contributed by atoms with van der Waals surface area (Å²) in [6, 6.07) is 0. The Bertz CT molecular complexity index is 153. The molecule has 1 saturated heterocycles. The standard InChI is InChI=1S/C12H24O6/c13-5-11-7-15-1-2-16-8-12(6-14)10-18-4-3-17-9-11/h11-14H,1-10H2. The summed E-state index contributed by atoms with van der Waals surface area (Å²) in [7, 11) is 0. The maximum atomic E-state index is 9.11. The first kappa shape index (κ1) is 15.8. The van der Waals surface area contributed by atoms with Crippen LogP contribution in [0.1, 0.15) is 0 Å². The minimum atomic E-state index is -0.00173. The van der Waals surface area contributed by atoms with E-state index in [-0.39, 0.29) is 25.0 Å². The van der Waals surface area contributed by atoms with Crippen molar-refractivity contribution in [1.82, 2.24) is 0 Å². The van der Waals surface area contributed by atoms with Gasteiger partial charge in [0.2, 0.25) is 0 Å². The lowest BCUT2D eigenvalue weighted by Crippen LogP contribution is -2.25. The second-order valence-corrected chi connectivity index (χ2v) is 4.40. The highest BCUT2D eigenvalue weighted by atomic mass is 16.5. The van der Waals surface area contributed by atoms with E-state index in [1.807, 2.05) is 0 Å². The minimum absolute atomic E-state index is 0.00173. The highest BCUT2D eigenvalue weighted by Gasteiger charge is 2.11. The molecule has 1 heterocycles. The van der Waals surface area contributed by atoms with Crippen molar-refractivity contribution in [1.29, 1.82) is 0 Å². The van der Waals surface area contributed by atoms with Gasteiger partial charge in [0.1, 0.15) is 0 Å². The molecule has 0 bridgehead atoms. The van der Waals surface area contributed by atoms with Gasteiger partial charge in [-0.15, -0.1) is 0 Å². The molecule has 0 spiro atoms. The van der Waals surface area contributed by atoms with Crippen LogP contribution < -0.4 is 0 Å². The Balaban J connectivity index is 2.26. The first-order chi connectivity index (χ1) is 8.86. The van der Waals surface area contributed by atoms with Crippen LogP contribution in [0.4, 0.5) is 0 Å². The lowest BCUT2D eigenvalue weighted by atomic mass is 10.2. The third-order valence-corrected chi connectivity index (χ3v) is 2.67. The molecule has 0 unspecified atom stereocenters. The quantitative estimate of drug-likeness (QED) is 0.685. The minimum Gasteiger partial charge on any atom is -0.396 e. The molecular weight excluding hydrogens is 240 g/mol. The SMILES string of the molecule is OCC1COCCOCC(CO)COCCOC1. The largest absolute Gasteiger partial charge is 0.396 e. The summed E-state index contributed by atoms with van der Waals surface area (Å²) in [5, 5.41) is 18.2. The molecule has 1 aliphatic heterocycles. The van der Waals surface area contributed by atoms with Crippen LogP contribution in [-0.4, -0.2) is 76.3 Å². The molecule has 6 heteroatoms. The van der Waals surface area contributed by atoms with Crippen molar-refractivity contribution in [2.75, 3.05) is 66.1 Å². The number of rotatable bonds is 2. The van der Waals surface area contributed by atoms with E-state index in [1.54, 1.807) is 0 Å². The Morgan fingerprint density at radius 1 is 0.611 bits per heavy atom. The summed E-state index contributed by atoms with van der Waals surface area (Å²) in [5.74, 6) is -0.00346. The van der Waals surface area contributed by atoms with Gasteiger partial charge in [-0.05, 0) is 0 Å². The summed E-state index contributed by atoms with van der Waals surface area (Å²) < 4.78 is 21.6. The van der Waals surface area contributed by atoms with Crippen molar-refractivity contribution in [2.24, 2.45) is 11.8 Å². The van der Waals surface area contributed by atoms with Gasteiger partial charge in [-0.3, -0.25) is 0 Å². The van der Waals surface area contributed by atoms with Crippen LogP contribution in [0.3, 0.4) is 0 Å². The maximum Gasteiger partial charge on any atom is 0.0700 e. The van der Waals surface area contributed by atoms with Gasteiger partial charge in [0, 0.05) is 11.8 Å². The molecule has 0 amide bonds. The number of ether oxygens (including phenoxy) is 4. The van der Waals surface area contributed by atoms with Gasteiger partial charge in [-0.1, -0.05) is 0 Å². The highest BCUT2D eigenvalue weighted by Crippen LogP contribution is 2.01. The van der Waals surface area contributed by atoms with Gasteiger partial charge in [0.15, 0.2) is 0 Å². The highest BCUT2D eigenvalue weighted by molar-refractivity contribution is 4.57. The van der Waals surface area contributed by atoms with Gasteiger partial charge < -0.3 is 29.2 Å². The smallest absolute Gasteiger partial charge is 0.0700 e. The predicted octanol–water partition coefficient (Wildman–Crippen LogP) is -0.717. The maximum absolute atomic E-state index is 9.11. The molecule has 0 saturated carbocycles. The first-order valence-electron chi connectivity index (χ1n) is 6.39. The lowest BCUT2D eigenvalue weighted by molar-refractivity contribution is -0.0464. The van der Waals surface area contributed by atoms with Crippen LogP contribution in [0.15, 0.2) is 0 Å². The summed E-state index contributed by atoms with van der Waals surface area (Å²) in [6.45, 7) is 3.88. The zero-order valence-electron chi connectivity index (χ0n) is 10.8. The molecule has 0 radical (unpaired) electrons. The number of hydrogen-bond acceptors (Lipinski definition) is 6. The summed E-state index contributed by atoms with van der Waals surface area (Å²) in [6.07, 6.45) is 0. The predicted molar refractivity (Wildman–Crippen MR) is 64.4 cm³/mol. The molecule has 0 aromatic rings. The Hall–Kier alpha value is -0.240. The molecule has 0 aliphatic carbocycles. The second kappa shape index (κ2) is 10.7. The van der Waals surface area contributed by atoms with Crippen LogP contribution >= 0.6 is 0 Å². The van der Waals surface area contributed by atoms with Crippen LogP contribution in [-0.2, 0) is 18.9 Å². The van der Waals surface area contributed by atoms with Gasteiger partial charge in [0.25, 0.3) is 0 Å². The molecule has 18 heavy (non-hydrogen) atoms. The zero-order chi connectivity index (χ0) is 13.1. The van der Waals surface area contributed by atoms with Gasteiger partial charge in [0.05, 0.1) is 66.1 Å². The Morgan fingerprint density at radius 3 is 1.11 bits per heavy atom. The fraction of sp³-hybridized carbons (Fsp3) is 1.00. The van der Waals surface area contributed by atoms with E-state index in [4.69, 9.17) is 29.2 Å². The molecule has 6 nitrogen and oxygen atoms in total. The summed E-state index contributed by atoms with van der Waals surface area (Å²) in [4.78, 5) is 0. The van der Waals surface area contributed by atoms with E-state index in [0.717, 1.165) is 0 Å². The van der Waals surface area contributed by atoms with E-state index in [1.165, 1.54) is 0 Å². The second-order valence-electron chi connectivity index (χ2n) is 4.40. The van der Waals surface area contributed by atoms with Crippen molar-refractivity contribution in [3.63, 3.8) is 0 Å². The van der Waals surface area contributed by atoms with Crippen LogP contribution in [0.5, 0.6) is 0 Å². The number of hydrogen-bond donors (Lipinski definition) is 2. The van der Waals surface area contributed by atoms with Gasteiger partial charge in [-0.25, -0.2) is 0 Å². The number of aliphatic hydroxyl groups excluding tert-OH is 2. The van der Waals surface area contributed by atoms with Crippen LogP contribution in [0.25, 0.3) is 0 Å².